The number of carboxylic acids is 1. The SMILES string of the molecule is CC(CC(=O)O)C1CCCN(C(=O)NCc2cccs2)C1. The van der Waals surface area contributed by atoms with Crippen LogP contribution in [-0.4, -0.2) is 35.1 Å². The summed E-state index contributed by atoms with van der Waals surface area (Å²) in [7, 11) is 0. The van der Waals surface area contributed by atoms with Crippen molar-refractivity contribution in [2.75, 3.05) is 13.1 Å². The van der Waals surface area contributed by atoms with E-state index in [1.165, 1.54) is 0 Å². The third-order valence-electron chi connectivity index (χ3n) is 4.04. The molecule has 5 nitrogen and oxygen atoms in total. The second-order valence-corrected chi connectivity index (χ2v) is 6.69. The number of nitrogens with one attached hydrogen (secondary N) is 1. The van der Waals surface area contributed by atoms with Gasteiger partial charge >= 0.3 is 12.0 Å². The second-order valence-electron chi connectivity index (χ2n) is 5.66. The highest BCUT2D eigenvalue weighted by Crippen LogP contribution is 2.26. The van der Waals surface area contributed by atoms with Gasteiger partial charge in [-0.25, -0.2) is 4.79 Å². The highest BCUT2D eigenvalue weighted by molar-refractivity contribution is 7.09. The molecule has 116 valence electrons. The lowest BCUT2D eigenvalue weighted by atomic mass is 9.85. The van der Waals surface area contributed by atoms with Crippen molar-refractivity contribution in [3.8, 4) is 0 Å². The summed E-state index contributed by atoms with van der Waals surface area (Å²) in [5, 5.41) is 13.8. The third-order valence-corrected chi connectivity index (χ3v) is 4.92. The van der Waals surface area contributed by atoms with E-state index in [1.54, 1.807) is 11.3 Å². The molecule has 1 fully saturated rings. The zero-order valence-electron chi connectivity index (χ0n) is 12.2. The number of carbonyl (C=O) groups is 2. The zero-order valence-corrected chi connectivity index (χ0v) is 13.1. The lowest BCUT2D eigenvalue weighted by molar-refractivity contribution is -0.138. The molecule has 0 aliphatic carbocycles. The van der Waals surface area contributed by atoms with Gasteiger partial charge in [0.2, 0.25) is 0 Å². The minimum absolute atomic E-state index is 0.0457. The molecule has 6 heteroatoms. The summed E-state index contributed by atoms with van der Waals surface area (Å²) >= 11 is 1.63. The van der Waals surface area contributed by atoms with Gasteiger partial charge in [0.05, 0.1) is 6.54 Å². The monoisotopic (exact) mass is 310 g/mol. The molecule has 2 N–H and O–H groups in total. The first kappa shape index (κ1) is 15.8. The Morgan fingerprint density at radius 3 is 3.05 bits per heavy atom. The summed E-state index contributed by atoms with van der Waals surface area (Å²) in [6, 6.07) is 3.92. The van der Waals surface area contributed by atoms with Crippen LogP contribution >= 0.6 is 11.3 Å². The predicted octanol–water partition coefficient (Wildman–Crippen LogP) is 2.78. The van der Waals surface area contributed by atoms with Crippen LogP contribution in [0.5, 0.6) is 0 Å². The Kier molecular flexibility index (Phi) is 5.61. The fraction of sp³-hybridized carbons (Fsp3) is 0.600. The van der Waals surface area contributed by atoms with Gasteiger partial charge in [0, 0.05) is 24.4 Å². The first-order chi connectivity index (χ1) is 10.1. The summed E-state index contributed by atoms with van der Waals surface area (Å²) in [5.41, 5.74) is 0. The van der Waals surface area contributed by atoms with E-state index >= 15 is 0 Å². The fourth-order valence-electron chi connectivity index (χ4n) is 2.79. The van der Waals surface area contributed by atoms with Gasteiger partial charge in [0.25, 0.3) is 0 Å². The van der Waals surface area contributed by atoms with E-state index in [1.807, 2.05) is 29.3 Å². The normalized spacial score (nSPS) is 20.0. The van der Waals surface area contributed by atoms with Gasteiger partial charge in [-0.05, 0) is 36.1 Å². The van der Waals surface area contributed by atoms with Gasteiger partial charge < -0.3 is 15.3 Å². The number of rotatable bonds is 5. The molecule has 1 aliphatic rings. The minimum atomic E-state index is -0.762. The van der Waals surface area contributed by atoms with Crippen LogP contribution in [0, 0.1) is 11.8 Å². The Labute approximate surface area is 129 Å². The molecule has 21 heavy (non-hydrogen) atoms. The van der Waals surface area contributed by atoms with Gasteiger partial charge in [-0.15, -0.1) is 11.3 Å². The summed E-state index contributed by atoms with van der Waals surface area (Å²) in [5.74, 6) is -0.375. The van der Waals surface area contributed by atoms with Crippen LogP contribution in [0.15, 0.2) is 17.5 Å². The highest BCUT2D eigenvalue weighted by Gasteiger charge is 2.28. The van der Waals surface area contributed by atoms with Crippen LogP contribution in [-0.2, 0) is 11.3 Å². The number of aliphatic carboxylic acids is 1. The number of carboxylic acid groups (broad SMARTS) is 1. The van der Waals surface area contributed by atoms with Crippen LogP contribution in [0.2, 0.25) is 0 Å². The molecule has 1 aliphatic heterocycles. The Bertz CT molecular complexity index is 475. The topological polar surface area (TPSA) is 69.6 Å². The van der Waals surface area contributed by atoms with Crippen LogP contribution in [0.25, 0.3) is 0 Å². The Morgan fingerprint density at radius 1 is 1.57 bits per heavy atom. The van der Waals surface area contributed by atoms with Crippen LogP contribution in [0.1, 0.15) is 31.1 Å². The van der Waals surface area contributed by atoms with Crippen LogP contribution in [0.4, 0.5) is 4.79 Å². The lowest BCUT2D eigenvalue weighted by Crippen LogP contribution is -2.46. The van der Waals surface area contributed by atoms with Gasteiger partial charge in [-0.3, -0.25) is 4.79 Å². The number of carbonyl (C=O) groups excluding carboxylic acids is 1. The average Bonchev–Trinajstić information content (AvgIpc) is 2.97. The summed E-state index contributed by atoms with van der Waals surface area (Å²) < 4.78 is 0. The molecule has 2 rings (SSSR count). The van der Waals surface area contributed by atoms with Crippen molar-refractivity contribution in [3.05, 3.63) is 22.4 Å². The molecular formula is C15H22N2O3S. The van der Waals surface area contributed by atoms with Crippen molar-refractivity contribution >= 4 is 23.3 Å². The Hall–Kier alpha value is -1.56. The van der Waals surface area contributed by atoms with E-state index in [9.17, 15) is 9.59 Å². The molecular weight excluding hydrogens is 288 g/mol. The average molecular weight is 310 g/mol. The number of likely N-dealkylation sites (tertiary alicyclic amines) is 1. The molecule has 2 amide bonds. The molecule has 2 unspecified atom stereocenters. The van der Waals surface area contributed by atoms with Crippen molar-refractivity contribution in [2.24, 2.45) is 11.8 Å². The quantitative estimate of drug-likeness (QED) is 0.878. The summed E-state index contributed by atoms with van der Waals surface area (Å²) in [6.45, 7) is 3.94. The van der Waals surface area contributed by atoms with Gasteiger partial charge in [-0.1, -0.05) is 13.0 Å². The van der Waals surface area contributed by atoms with E-state index in [2.05, 4.69) is 5.32 Å². The summed E-state index contributed by atoms with van der Waals surface area (Å²) in [4.78, 5) is 26.0. The van der Waals surface area contributed by atoms with Crippen molar-refractivity contribution < 1.29 is 14.7 Å². The van der Waals surface area contributed by atoms with E-state index in [-0.39, 0.29) is 24.3 Å². The number of hydrogen-bond acceptors (Lipinski definition) is 3. The van der Waals surface area contributed by atoms with Crippen molar-refractivity contribution in [1.29, 1.82) is 0 Å². The summed E-state index contributed by atoms with van der Waals surface area (Å²) in [6.07, 6.45) is 2.12. The number of piperidine rings is 1. The molecule has 2 atom stereocenters. The predicted molar refractivity (Wildman–Crippen MR) is 82.3 cm³/mol. The molecule has 1 aromatic rings. The minimum Gasteiger partial charge on any atom is -0.481 e. The Morgan fingerprint density at radius 2 is 2.38 bits per heavy atom. The van der Waals surface area contributed by atoms with Gasteiger partial charge in [0.15, 0.2) is 0 Å². The molecule has 1 saturated heterocycles. The molecule has 0 saturated carbocycles. The largest absolute Gasteiger partial charge is 0.481 e. The standard InChI is InChI=1S/C15H22N2O3S/c1-11(8-14(18)19)12-4-2-6-17(10-12)15(20)16-9-13-5-3-7-21-13/h3,5,7,11-12H,2,4,6,8-10H2,1H3,(H,16,20)(H,18,19). The van der Waals surface area contributed by atoms with Crippen molar-refractivity contribution in [3.63, 3.8) is 0 Å². The number of hydrogen-bond donors (Lipinski definition) is 2. The van der Waals surface area contributed by atoms with Gasteiger partial charge in [0.1, 0.15) is 0 Å². The first-order valence-corrected chi connectivity index (χ1v) is 8.21. The first-order valence-electron chi connectivity index (χ1n) is 7.33. The third kappa shape index (κ3) is 4.74. The molecule has 0 bridgehead atoms. The van der Waals surface area contributed by atoms with E-state index in [0.717, 1.165) is 24.3 Å². The molecule has 2 heterocycles. The molecule has 0 radical (unpaired) electrons. The zero-order chi connectivity index (χ0) is 15.2. The maximum absolute atomic E-state index is 12.2. The number of thiophene rings is 1. The molecule has 0 aromatic carbocycles. The number of amides is 2. The van der Waals surface area contributed by atoms with Crippen molar-refractivity contribution in [2.45, 2.75) is 32.7 Å². The Balaban J connectivity index is 1.82. The maximum Gasteiger partial charge on any atom is 0.317 e. The molecule has 1 aromatic heterocycles. The number of nitrogens with zero attached hydrogens (tertiary/aromatic N) is 1. The van der Waals surface area contributed by atoms with Crippen molar-refractivity contribution in [1.82, 2.24) is 10.2 Å². The number of urea groups is 1. The lowest BCUT2D eigenvalue weighted by Gasteiger charge is -2.35. The van der Waals surface area contributed by atoms with Gasteiger partial charge in [-0.2, -0.15) is 0 Å². The van der Waals surface area contributed by atoms with E-state index < -0.39 is 5.97 Å². The smallest absolute Gasteiger partial charge is 0.317 e. The van der Waals surface area contributed by atoms with E-state index in [4.69, 9.17) is 5.11 Å². The second kappa shape index (κ2) is 7.45. The molecule has 0 spiro atoms. The van der Waals surface area contributed by atoms with Crippen LogP contribution < -0.4 is 5.32 Å². The fourth-order valence-corrected chi connectivity index (χ4v) is 3.43. The van der Waals surface area contributed by atoms with E-state index in [0.29, 0.717) is 13.1 Å². The maximum atomic E-state index is 12.2. The highest BCUT2D eigenvalue weighted by atomic mass is 32.1. The van der Waals surface area contributed by atoms with Crippen LogP contribution in [0.3, 0.4) is 0 Å².